The quantitative estimate of drug-likeness (QED) is 0.495. The van der Waals surface area contributed by atoms with Gasteiger partial charge in [0.2, 0.25) is 0 Å². The molecule has 1 amide bonds. The molecule has 0 fully saturated rings. The number of H-pyrrole nitrogens is 1. The van der Waals surface area contributed by atoms with Gasteiger partial charge in [-0.05, 0) is 46.7 Å². The molecule has 3 aromatic carbocycles. The highest BCUT2D eigenvalue weighted by Gasteiger charge is 2.33. The van der Waals surface area contributed by atoms with Gasteiger partial charge in [0.05, 0.1) is 34.2 Å². The summed E-state index contributed by atoms with van der Waals surface area (Å²) in [6, 6.07) is 20.1. The van der Waals surface area contributed by atoms with Crippen molar-refractivity contribution in [3.8, 4) is 23.2 Å². The van der Waals surface area contributed by atoms with Gasteiger partial charge in [-0.15, -0.1) is 0 Å². The van der Waals surface area contributed by atoms with Gasteiger partial charge in [-0.3, -0.25) is 4.79 Å². The Balaban J connectivity index is 1.65. The fourth-order valence-electron chi connectivity index (χ4n) is 3.65. The summed E-state index contributed by atoms with van der Waals surface area (Å²) in [7, 11) is 0. The summed E-state index contributed by atoms with van der Waals surface area (Å²) in [5, 5.41) is 22.0. The number of aromatic amines is 1. The third-order valence-electron chi connectivity index (χ3n) is 5.02. The number of halogens is 1. The van der Waals surface area contributed by atoms with Crippen LogP contribution < -0.4 is 0 Å². The van der Waals surface area contributed by atoms with Gasteiger partial charge in [-0.1, -0.05) is 41.9 Å². The number of carbonyl (C=O) groups excluding carboxylic acids is 1. The summed E-state index contributed by atoms with van der Waals surface area (Å²) < 4.78 is 0. The molecule has 0 spiro atoms. The number of nitrogens with one attached hydrogen (secondary N) is 1. The molecule has 4 aromatic rings. The van der Waals surface area contributed by atoms with Crippen LogP contribution in [0.5, 0.6) is 5.88 Å². The fourth-order valence-corrected chi connectivity index (χ4v) is 3.77. The van der Waals surface area contributed by atoms with Crippen LogP contribution >= 0.6 is 11.6 Å². The van der Waals surface area contributed by atoms with Gasteiger partial charge in [0, 0.05) is 10.6 Å². The molecule has 29 heavy (non-hydrogen) atoms. The van der Waals surface area contributed by atoms with Crippen molar-refractivity contribution in [2.24, 2.45) is 4.99 Å². The van der Waals surface area contributed by atoms with Gasteiger partial charge in [-0.2, -0.15) is 5.26 Å². The minimum Gasteiger partial charge on any atom is -0.494 e. The molecule has 1 aliphatic rings. The SMILES string of the molecule is N#Cc1ccc2cc(-c3[nH]c(O)c4c3C(=O)N=C4c3ccc(Cl)cc3)ccc2c1. The molecule has 1 aliphatic heterocycles. The Kier molecular flexibility index (Phi) is 3.76. The number of aromatic nitrogens is 1. The van der Waals surface area contributed by atoms with Crippen molar-refractivity contribution in [3.63, 3.8) is 0 Å². The Morgan fingerprint density at radius 1 is 0.931 bits per heavy atom. The zero-order valence-electron chi connectivity index (χ0n) is 14.9. The van der Waals surface area contributed by atoms with E-state index in [0.717, 1.165) is 16.3 Å². The van der Waals surface area contributed by atoms with Crippen LogP contribution in [0.1, 0.15) is 27.0 Å². The Morgan fingerprint density at radius 2 is 1.62 bits per heavy atom. The average molecular weight is 398 g/mol. The molecule has 0 radical (unpaired) electrons. The number of fused-ring (bicyclic) bond motifs is 2. The monoisotopic (exact) mass is 397 g/mol. The summed E-state index contributed by atoms with van der Waals surface area (Å²) in [6.07, 6.45) is 0. The van der Waals surface area contributed by atoms with Crippen LogP contribution in [-0.4, -0.2) is 21.7 Å². The molecule has 5 nitrogen and oxygen atoms in total. The molecular weight excluding hydrogens is 386 g/mol. The molecule has 138 valence electrons. The van der Waals surface area contributed by atoms with E-state index in [1.165, 1.54) is 0 Å². The van der Waals surface area contributed by atoms with E-state index in [4.69, 9.17) is 16.9 Å². The van der Waals surface area contributed by atoms with Crippen LogP contribution in [0.4, 0.5) is 0 Å². The number of hydrogen-bond donors (Lipinski definition) is 2. The van der Waals surface area contributed by atoms with Crippen LogP contribution in [0.15, 0.2) is 65.7 Å². The van der Waals surface area contributed by atoms with Crippen LogP contribution in [0.25, 0.3) is 22.0 Å². The highest BCUT2D eigenvalue weighted by Crippen LogP contribution is 2.38. The van der Waals surface area contributed by atoms with Crippen LogP contribution in [0.3, 0.4) is 0 Å². The Hall–Kier alpha value is -3.88. The van der Waals surface area contributed by atoms with Crippen LogP contribution in [0.2, 0.25) is 5.02 Å². The summed E-state index contributed by atoms with van der Waals surface area (Å²) >= 11 is 5.95. The van der Waals surface area contributed by atoms with Crippen molar-refractivity contribution in [3.05, 3.63) is 87.9 Å². The second kappa shape index (κ2) is 6.33. The van der Waals surface area contributed by atoms with Gasteiger partial charge >= 0.3 is 0 Å². The molecule has 1 aromatic heterocycles. The largest absolute Gasteiger partial charge is 0.494 e. The van der Waals surface area contributed by atoms with Crippen molar-refractivity contribution in [1.82, 2.24) is 4.98 Å². The lowest BCUT2D eigenvalue weighted by molar-refractivity contribution is 0.101. The lowest BCUT2D eigenvalue weighted by Crippen LogP contribution is -1.99. The molecule has 0 atom stereocenters. The highest BCUT2D eigenvalue weighted by atomic mass is 35.5. The minimum absolute atomic E-state index is 0.102. The molecule has 2 heterocycles. The van der Waals surface area contributed by atoms with Crippen molar-refractivity contribution in [2.45, 2.75) is 0 Å². The van der Waals surface area contributed by atoms with Crippen molar-refractivity contribution >= 4 is 34.0 Å². The molecule has 2 N–H and O–H groups in total. The maximum atomic E-state index is 12.7. The number of hydrogen-bond acceptors (Lipinski definition) is 3. The van der Waals surface area contributed by atoms with Crippen LogP contribution in [-0.2, 0) is 0 Å². The number of nitriles is 1. The summed E-state index contributed by atoms with van der Waals surface area (Å²) in [5.41, 5.74) is 3.71. The number of aromatic hydroxyl groups is 1. The van der Waals surface area contributed by atoms with E-state index in [-0.39, 0.29) is 5.88 Å². The van der Waals surface area contributed by atoms with E-state index in [1.807, 2.05) is 30.3 Å². The maximum absolute atomic E-state index is 12.7. The first-order valence-corrected chi connectivity index (χ1v) is 9.21. The zero-order valence-corrected chi connectivity index (χ0v) is 15.7. The normalized spacial score (nSPS) is 12.7. The first-order chi connectivity index (χ1) is 14.0. The highest BCUT2D eigenvalue weighted by molar-refractivity contribution is 6.32. The van der Waals surface area contributed by atoms with Crippen molar-refractivity contribution < 1.29 is 9.90 Å². The second-order valence-electron chi connectivity index (χ2n) is 6.76. The zero-order chi connectivity index (χ0) is 20.1. The number of aliphatic imine (C=N–C) groups is 1. The molecule has 0 aliphatic carbocycles. The fraction of sp³-hybridized carbons (Fsp3) is 0. The van der Waals surface area contributed by atoms with E-state index in [1.54, 1.807) is 30.3 Å². The first-order valence-electron chi connectivity index (χ1n) is 8.83. The van der Waals surface area contributed by atoms with Crippen molar-refractivity contribution in [2.75, 3.05) is 0 Å². The first kappa shape index (κ1) is 17.2. The third kappa shape index (κ3) is 2.70. The summed E-state index contributed by atoms with van der Waals surface area (Å²) in [4.78, 5) is 19.8. The van der Waals surface area contributed by atoms with E-state index >= 15 is 0 Å². The molecule has 0 saturated heterocycles. The number of benzene rings is 3. The van der Waals surface area contributed by atoms with Gasteiger partial charge in [-0.25, -0.2) is 4.99 Å². The summed E-state index contributed by atoms with van der Waals surface area (Å²) in [6.45, 7) is 0. The van der Waals surface area contributed by atoms with Gasteiger partial charge in [0.25, 0.3) is 5.91 Å². The number of amides is 1. The van der Waals surface area contributed by atoms with E-state index in [9.17, 15) is 9.90 Å². The molecule has 0 saturated carbocycles. The Bertz CT molecular complexity index is 1390. The van der Waals surface area contributed by atoms with Gasteiger partial charge < -0.3 is 10.1 Å². The Labute approximate surface area is 170 Å². The van der Waals surface area contributed by atoms with Gasteiger partial charge in [0.15, 0.2) is 5.88 Å². The topological polar surface area (TPSA) is 89.2 Å². The Morgan fingerprint density at radius 3 is 2.38 bits per heavy atom. The number of nitrogens with zero attached hydrogens (tertiary/aromatic N) is 2. The van der Waals surface area contributed by atoms with Crippen LogP contribution in [0, 0.1) is 11.3 Å². The number of rotatable bonds is 2. The predicted molar refractivity (Wildman–Crippen MR) is 112 cm³/mol. The van der Waals surface area contributed by atoms with Crippen molar-refractivity contribution in [1.29, 1.82) is 5.26 Å². The minimum atomic E-state index is -0.406. The maximum Gasteiger partial charge on any atom is 0.280 e. The molecular formula is C23H12ClN3O2. The lowest BCUT2D eigenvalue weighted by atomic mass is 9.98. The van der Waals surface area contributed by atoms with E-state index in [2.05, 4.69) is 16.0 Å². The second-order valence-corrected chi connectivity index (χ2v) is 7.20. The van der Waals surface area contributed by atoms with Gasteiger partial charge in [0.1, 0.15) is 0 Å². The van der Waals surface area contributed by atoms with E-state index < -0.39 is 5.91 Å². The molecule has 0 bridgehead atoms. The third-order valence-corrected chi connectivity index (χ3v) is 5.27. The average Bonchev–Trinajstić information content (AvgIpc) is 3.26. The standard InChI is InChI=1S/C23H12ClN3O2/c24-17-7-5-13(6-8-17)20-18-19(23(29)26-20)21(27-22(18)28)16-4-3-14-9-12(11-25)1-2-15(14)10-16/h1-10,27-28H. The van der Waals surface area contributed by atoms with E-state index in [0.29, 0.717) is 38.7 Å². The molecule has 0 unspecified atom stereocenters. The summed E-state index contributed by atoms with van der Waals surface area (Å²) in [5.74, 6) is -0.508. The molecule has 5 rings (SSSR count). The lowest BCUT2D eigenvalue weighted by Gasteiger charge is -2.04. The smallest absolute Gasteiger partial charge is 0.280 e. The molecule has 6 heteroatoms. The predicted octanol–water partition coefficient (Wildman–Crippen LogP) is 5.06. The number of carbonyl (C=O) groups is 1.